The first-order chi connectivity index (χ1) is 12.3. The third-order valence-corrected chi connectivity index (χ3v) is 5.35. The first-order valence-corrected chi connectivity index (χ1v) is 9.37. The monoisotopic (exact) mass is 336 g/mol. The Morgan fingerprint density at radius 1 is 0.960 bits per heavy atom. The van der Waals surface area contributed by atoms with Gasteiger partial charge in [-0.25, -0.2) is 0 Å². The lowest BCUT2D eigenvalue weighted by Gasteiger charge is -2.31. The molecule has 3 N–H and O–H groups in total. The average molecular weight is 336 g/mol. The van der Waals surface area contributed by atoms with Crippen LogP contribution in [-0.4, -0.2) is 18.5 Å². The Balaban J connectivity index is 1.73. The van der Waals surface area contributed by atoms with Crippen molar-refractivity contribution < 1.29 is 4.79 Å². The summed E-state index contributed by atoms with van der Waals surface area (Å²) in [6.07, 6.45) is 5.06. The van der Waals surface area contributed by atoms with E-state index in [0.717, 1.165) is 12.8 Å². The maximum atomic E-state index is 12.8. The summed E-state index contributed by atoms with van der Waals surface area (Å²) in [6.45, 7) is 0.658. The molecule has 0 aliphatic heterocycles. The van der Waals surface area contributed by atoms with E-state index >= 15 is 0 Å². The van der Waals surface area contributed by atoms with E-state index in [0.29, 0.717) is 18.9 Å². The number of carbonyl (C=O) groups is 1. The zero-order chi connectivity index (χ0) is 17.5. The van der Waals surface area contributed by atoms with Crippen LogP contribution in [0.2, 0.25) is 0 Å². The fourth-order valence-electron chi connectivity index (χ4n) is 3.93. The van der Waals surface area contributed by atoms with Crippen LogP contribution in [0.5, 0.6) is 0 Å². The third-order valence-electron chi connectivity index (χ3n) is 5.35. The van der Waals surface area contributed by atoms with E-state index < -0.39 is 0 Å². The van der Waals surface area contributed by atoms with Gasteiger partial charge in [0, 0.05) is 18.4 Å². The molecule has 25 heavy (non-hydrogen) atoms. The molecule has 2 atom stereocenters. The summed E-state index contributed by atoms with van der Waals surface area (Å²) in [7, 11) is 0. The van der Waals surface area contributed by atoms with Crippen molar-refractivity contribution in [3.05, 3.63) is 71.8 Å². The molecule has 132 valence electrons. The number of hydrogen-bond donors (Lipinski definition) is 2. The van der Waals surface area contributed by atoms with Crippen LogP contribution in [0.25, 0.3) is 0 Å². The molecule has 1 amide bonds. The molecule has 1 fully saturated rings. The minimum absolute atomic E-state index is 0.0855. The van der Waals surface area contributed by atoms with Crippen LogP contribution < -0.4 is 11.1 Å². The van der Waals surface area contributed by atoms with Gasteiger partial charge in [-0.1, -0.05) is 73.5 Å². The highest BCUT2D eigenvalue weighted by molar-refractivity contribution is 5.78. The highest BCUT2D eigenvalue weighted by Gasteiger charge is 2.26. The number of nitrogens with one attached hydrogen (secondary N) is 1. The van der Waals surface area contributed by atoms with Crippen molar-refractivity contribution in [2.24, 2.45) is 11.7 Å². The molecule has 2 aromatic rings. The predicted molar refractivity (Wildman–Crippen MR) is 102 cm³/mol. The topological polar surface area (TPSA) is 55.1 Å². The van der Waals surface area contributed by atoms with Crippen molar-refractivity contribution in [2.75, 3.05) is 6.54 Å². The van der Waals surface area contributed by atoms with Gasteiger partial charge < -0.3 is 11.1 Å². The Morgan fingerprint density at radius 2 is 1.52 bits per heavy atom. The highest BCUT2D eigenvalue weighted by Crippen LogP contribution is 2.29. The summed E-state index contributed by atoms with van der Waals surface area (Å²) in [5, 5.41) is 3.27. The normalized spacial score (nSPS) is 20.4. The molecule has 2 aromatic carbocycles. The molecule has 1 saturated carbocycles. The Hall–Kier alpha value is -2.13. The maximum Gasteiger partial charge on any atom is 0.221 e. The first-order valence-electron chi connectivity index (χ1n) is 9.37. The minimum atomic E-state index is 0.0855. The van der Waals surface area contributed by atoms with E-state index in [9.17, 15) is 4.79 Å². The molecule has 0 spiro atoms. The molecule has 3 heteroatoms. The molecule has 0 bridgehead atoms. The van der Waals surface area contributed by atoms with E-state index in [1.165, 1.54) is 24.0 Å². The second-order valence-electron chi connectivity index (χ2n) is 7.03. The standard InChI is InChI=1S/C22H28N2O/c23-16-19-13-7-8-14-21(19)24-22(25)15-20(17-9-3-1-4-10-17)18-11-5-2-6-12-18/h1-6,9-12,19-21H,7-8,13-16,23H2,(H,24,25). The van der Waals surface area contributed by atoms with Crippen LogP contribution in [0.3, 0.4) is 0 Å². The third kappa shape index (κ3) is 4.70. The van der Waals surface area contributed by atoms with Crippen molar-refractivity contribution in [1.82, 2.24) is 5.32 Å². The molecule has 1 aliphatic rings. The van der Waals surface area contributed by atoms with Crippen LogP contribution in [-0.2, 0) is 4.79 Å². The van der Waals surface area contributed by atoms with Crippen molar-refractivity contribution in [3.63, 3.8) is 0 Å². The quantitative estimate of drug-likeness (QED) is 0.842. The Kier molecular flexibility index (Phi) is 6.24. The maximum absolute atomic E-state index is 12.8. The van der Waals surface area contributed by atoms with Crippen LogP contribution >= 0.6 is 0 Å². The van der Waals surface area contributed by atoms with E-state index in [1.54, 1.807) is 0 Å². The zero-order valence-electron chi connectivity index (χ0n) is 14.7. The summed E-state index contributed by atoms with van der Waals surface area (Å²) in [5.74, 6) is 0.634. The Bertz CT molecular complexity index is 617. The van der Waals surface area contributed by atoms with Crippen molar-refractivity contribution in [2.45, 2.75) is 44.1 Å². The predicted octanol–water partition coefficient (Wildman–Crippen LogP) is 3.84. The van der Waals surface area contributed by atoms with Crippen molar-refractivity contribution in [3.8, 4) is 0 Å². The molecule has 2 unspecified atom stereocenters. The van der Waals surface area contributed by atoms with Gasteiger partial charge in [0.25, 0.3) is 0 Å². The number of benzene rings is 2. The van der Waals surface area contributed by atoms with Gasteiger partial charge in [0.05, 0.1) is 0 Å². The van der Waals surface area contributed by atoms with Gasteiger partial charge in [-0.3, -0.25) is 4.79 Å². The van der Waals surface area contributed by atoms with Crippen LogP contribution in [0, 0.1) is 5.92 Å². The van der Waals surface area contributed by atoms with Gasteiger partial charge in [-0.15, -0.1) is 0 Å². The number of nitrogens with two attached hydrogens (primary N) is 1. The lowest BCUT2D eigenvalue weighted by molar-refractivity contribution is -0.122. The molecule has 0 heterocycles. The molecule has 0 saturated heterocycles. The van der Waals surface area contributed by atoms with Crippen LogP contribution in [0.1, 0.15) is 49.1 Å². The van der Waals surface area contributed by atoms with E-state index in [1.807, 2.05) is 36.4 Å². The number of amides is 1. The van der Waals surface area contributed by atoms with Crippen LogP contribution in [0.4, 0.5) is 0 Å². The second-order valence-corrected chi connectivity index (χ2v) is 7.03. The fourth-order valence-corrected chi connectivity index (χ4v) is 3.93. The Morgan fingerprint density at radius 3 is 2.08 bits per heavy atom. The van der Waals surface area contributed by atoms with Gasteiger partial charge >= 0.3 is 0 Å². The van der Waals surface area contributed by atoms with E-state index in [4.69, 9.17) is 5.73 Å². The number of rotatable bonds is 6. The highest BCUT2D eigenvalue weighted by atomic mass is 16.1. The van der Waals surface area contributed by atoms with Crippen molar-refractivity contribution >= 4 is 5.91 Å². The molecule has 3 nitrogen and oxygen atoms in total. The average Bonchev–Trinajstić information content (AvgIpc) is 2.68. The fraction of sp³-hybridized carbons (Fsp3) is 0.409. The summed E-state index contributed by atoms with van der Waals surface area (Å²) in [6, 6.07) is 20.8. The number of hydrogen-bond acceptors (Lipinski definition) is 2. The number of carbonyl (C=O) groups excluding carboxylic acids is 1. The lowest BCUT2D eigenvalue weighted by Crippen LogP contribution is -2.45. The largest absolute Gasteiger partial charge is 0.353 e. The Labute approximate surface area is 150 Å². The van der Waals surface area contributed by atoms with Gasteiger partial charge in [-0.05, 0) is 36.4 Å². The second kappa shape index (κ2) is 8.82. The smallest absolute Gasteiger partial charge is 0.221 e. The van der Waals surface area contributed by atoms with Gasteiger partial charge in [-0.2, -0.15) is 0 Å². The van der Waals surface area contributed by atoms with Crippen molar-refractivity contribution in [1.29, 1.82) is 0 Å². The van der Waals surface area contributed by atoms with E-state index in [2.05, 4.69) is 29.6 Å². The summed E-state index contributed by atoms with van der Waals surface area (Å²) >= 11 is 0. The molecule has 1 aliphatic carbocycles. The van der Waals surface area contributed by atoms with Crippen LogP contribution in [0.15, 0.2) is 60.7 Å². The summed E-state index contributed by atoms with van der Waals surface area (Å²) in [4.78, 5) is 12.8. The summed E-state index contributed by atoms with van der Waals surface area (Å²) in [5.41, 5.74) is 8.27. The SMILES string of the molecule is NCC1CCCCC1NC(=O)CC(c1ccccc1)c1ccccc1. The van der Waals surface area contributed by atoms with Gasteiger partial charge in [0.1, 0.15) is 0 Å². The van der Waals surface area contributed by atoms with Gasteiger partial charge in [0.2, 0.25) is 5.91 Å². The first kappa shape index (κ1) is 17.7. The molecule has 3 rings (SSSR count). The molecule has 0 radical (unpaired) electrons. The molecular weight excluding hydrogens is 308 g/mol. The minimum Gasteiger partial charge on any atom is -0.353 e. The summed E-state index contributed by atoms with van der Waals surface area (Å²) < 4.78 is 0. The molecule has 0 aromatic heterocycles. The van der Waals surface area contributed by atoms with E-state index in [-0.39, 0.29) is 17.9 Å². The van der Waals surface area contributed by atoms with Gasteiger partial charge in [0.15, 0.2) is 0 Å². The zero-order valence-corrected chi connectivity index (χ0v) is 14.7. The lowest BCUT2D eigenvalue weighted by atomic mass is 9.84. The molecular formula is C22H28N2O.